The molecule has 1 N–H and O–H groups in total. The van der Waals surface area contributed by atoms with Crippen LogP contribution in [-0.4, -0.2) is 38.3 Å². The zero-order valence-corrected chi connectivity index (χ0v) is 17.8. The minimum absolute atomic E-state index is 0.180. The molecular formula is C22H28N2O4S. The van der Waals surface area contributed by atoms with Crippen LogP contribution in [0.3, 0.4) is 0 Å². The number of nitrogens with one attached hydrogen (secondary N) is 1. The lowest BCUT2D eigenvalue weighted by Gasteiger charge is -2.25. The molecule has 29 heavy (non-hydrogen) atoms. The Hall–Kier alpha value is -2.38. The maximum absolute atomic E-state index is 12.7. The zero-order chi connectivity index (χ0) is 20.9. The molecule has 0 spiro atoms. The Bertz CT molecular complexity index is 929. The number of rotatable bonds is 7. The molecule has 3 rings (SSSR count). The molecule has 0 aliphatic carbocycles. The fourth-order valence-electron chi connectivity index (χ4n) is 3.47. The van der Waals surface area contributed by atoms with Gasteiger partial charge in [0, 0.05) is 18.8 Å². The third kappa shape index (κ3) is 5.81. The minimum Gasteiger partial charge on any atom is -0.493 e. The Morgan fingerprint density at radius 3 is 2.24 bits per heavy atom. The van der Waals surface area contributed by atoms with Gasteiger partial charge in [-0.25, -0.2) is 8.42 Å². The van der Waals surface area contributed by atoms with E-state index in [9.17, 15) is 13.2 Å². The molecule has 2 aromatic carbocycles. The molecule has 1 amide bonds. The lowest BCUT2D eigenvalue weighted by Crippen LogP contribution is -2.35. The maximum Gasteiger partial charge on any atom is 0.243 e. The van der Waals surface area contributed by atoms with Crippen LogP contribution in [0.2, 0.25) is 0 Å². The van der Waals surface area contributed by atoms with Crippen molar-refractivity contribution in [3.8, 4) is 5.75 Å². The fourth-order valence-corrected chi connectivity index (χ4v) is 4.98. The number of sulfonamides is 1. The number of ether oxygens (including phenoxy) is 1. The van der Waals surface area contributed by atoms with E-state index in [2.05, 4.69) is 11.4 Å². The number of benzene rings is 2. The molecule has 6 nitrogen and oxygen atoms in total. The molecule has 0 atom stereocenters. The molecule has 1 heterocycles. The number of hydrogen-bond donors (Lipinski definition) is 1. The molecule has 0 radical (unpaired) electrons. The first-order valence-electron chi connectivity index (χ1n) is 9.96. The van der Waals surface area contributed by atoms with Gasteiger partial charge in [0.25, 0.3) is 0 Å². The highest BCUT2D eigenvalue weighted by Crippen LogP contribution is 2.22. The van der Waals surface area contributed by atoms with E-state index in [0.29, 0.717) is 18.8 Å². The number of anilines is 1. The lowest BCUT2D eigenvalue weighted by atomic mass is 10.1. The molecule has 7 heteroatoms. The predicted octanol–water partition coefficient (Wildman–Crippen LogP) is 3.89. The topological polar surface area (TPSA) is 75.7 Å². The van der Waals surface area contributed by atoms with Gasteiger partial charge in [-0.2, -0.15) is 4.31 Å². The first kappa shape index (κ1) is 21.3. The Kier molecular flexibility index (Phi) is 6.92. The molecular weight excluding hydrogens is 388 g/mol. The van der Waals surface area contributed by atoms with Gasteiger partial charge >= 0.3 is 0 Å². The Morgan fingerprint density at radius 1 is 1.00 bits per heavy atom. The lowest BCUT2D eigenvalue weighted by molar-refractivity contribution is -0.116. The summed E-state index contributed by atoms with van der Waals surface area (Å²) in [5.74, 6) is 0.573. The minimum atomic E-state index is -3.46. The SMILES string of the molecule is Cc1cc(C)cc(OCCC(=O)Nc2ccc(S(=O)(=O)N3CCCCC3)cc2)c1. The van der Waals surface area contributed by atoms with Crippen molar-refractivity contribution >= 4 is 21.6 Å². The summed E-state index contributed by atoms with van der Waals surface area (Å²) >= 11 is 0. The number of carbonyl (C=O) groups excluding carboxylic acids is 1. The van der Waals surface area contributed by atoms with Gasteiger partial charge in [-0.05, 0) is 74.2 Å². The van der Waals surface area contributed by atoms with E-state index in [1.165, 1.54) is 4.31 Å². The summed E-state index contributed by atoms with van der Waals surface area (Å²) in [7, 11) is -3.46. The van der Waals surface area contributed by atoms with Gasteiger partial charge in [-0.3, -0.25) is 4.79 Å². The molecule has 1 aliphatic heterocycles. The summed E-state index contributed by atoms with van der Waals surface area (Å²) in [6.45, 7) is 5.42. The Labute approximate surface area is 172 Å². The molecule has 2 aromatic rings. The van der Waals surface area contributed by atoms with Crippen LogP contribution in [0, 0.1) is 13.8 Å². The van der Waals surface area contributed by atoms with Crippen LogP contribution in [0.25, 0.3) is 0 Å². The monoisotopic (exact) mass is 416 g/mol. The van der Waals surface area contributed by atoms with Crippen molar-refractivity contribution in [2.75, 3.05) is 25.0 Å². The van der Waals surface area contributed by atoms with Crippen molar-refractivity contribution in [2.45, 2.75) is 44.4 Å². The van der Waals surface area contributed by atoms with Gasteiger partial charge in [0.1, 0.15) is 5.75 Å². The Morgan fingerprint density at radius 2 is 1.62 bits per heavy atom. The van der Waals surface area contributed by atoms with Gasteiger partial charge in [-0.1, -0.05) is 12.5 Å². The summed E-state index contributed by atoms with van der Waals surface area (Å²) in [4.78, 5) is 12.4. The van der Waals surface area contributed by atoms with E-state index in [4.69, 9.17) is 4.74 Å². The second-order valence-electron chi connectivity index (χ2n) is 7.46. The normalized spacial score (nSPS) is 15.1. The largest absolute Gasteiger partial charge is 0.493 e. The van der Waals surface area contributed by atoms with E-state index in [1.54, 1.807) is 24.3 Å². The molecule has 156 valence electrons. The highest BCUT2D eigenvalue weighted by atomic mass is 32.2. The van der Waals surface area contributed by atoms with Crippen molar-refractivity contribution in [2.24, 2.45) is 0 Å². The van der Waals surface area contributed by atoms with E-state index >= 15 is 0 Å². The number of piperidine rings is 1. The number of hydrogen-bond acceptors (Lipinski definition) is 4. The van der Waals surface area contributed by atoms with Crippen molar-refractivity contribution in [3.05, 3.63) is 53.6 Å². The number of amides is 1. The summed E-state index contributed by atoms with van der Waals surface area (Å²) < 4.78 is 32.5. The second kappa shape index (κ2) is 9.41. The third-order valence-corrected chi connectivity index (χ3v) is 6.80. The summed E-state index contributed by atoms with van der Waals surface area (Å²) in [6, 6.07) is 12.3. The van der Waals surface area contributed by atoms with Gasteiger partial charge in [-0.15, -0.1) is 0 Å². The molecule has 0 bridgehead atoms. The van der Waals surface area contributed by atoms with Crippen LogP contribution in [0.5, 0.6) is 5.75 Å². The standard InChI is InChI=1S/C22H28N2O4S/c1-17-14-18(2)16-20(15-17)28-13-10-22(25)23-19-6-8-21(9-7-19)29(26,27)24-11-4-3-5-12-24/h6-9,14-16H,3-5,10-13H2,1-2H3,(H,23,25). The van der Waals surface area contributed by atoms with Crippen molar-refractivity contribution in [1.29, 1.82) is 0 Å². The second-order valence-corrected chi connectivity index (χ2v) is 9.40. The molecule has 1 aliphatic rings. The highest BCUT2D eigenvalue weighted by molar-refractivity contribution is 7.89. The number of carbonyl (C=O) groups is 1. The average Bonchev–Trinajstić information content (AvgIpc) is 2.68. The van der Waals surface area contributed by atoms with Gasteiger partial charge in [0.05, 0.1) is 17.9 Å². The first-order chi connectivity index (χ1) is 13.8. The maximum atomic E-state index is 12.7. The quantitative estimate of drug-likeness (QED) is 0.743. The van der Waals surface area contributed by atoms with Crippen molar-refractivity contribution in [1.82, 2.24) is 4.31 Å². The highest BCUT2D eigenvalue weighted by Gasteiger charge is 2.25. The van der Waals surface area contributed by atoms with Crippen LogP contribution in [0.1, 0.15) is 36.8 Å². The summed E-state index contributed by atoms with van der Waals surface area (Å²) in [5, 5.41) is 2.78. The smallest absolute Gasteiger partial charge is 0.243 e. The van der Waals surface area contributed by atoms with Crippen LogP contribution >= 0.6 is 0 Å². The van der Waals surface area contributed by atoms with Crippen LogP contribution in [0.15, 0.2) is 47.4 Å². The molecule has 0 saturated carbocycles. The zero-order valence-electron chi connectivity index (χ0n) is 17.0. The van der Waals surface area contributed by atoms with Crippen LogP contribution in [0.4, 0.5) is 5.69 Å². The van der Waals surface area contributed by atoms with Crippen molar-refractivity contribution in [3.63, 3.8) is 0 Å². The number of aryl methyl sites for hydroxylation is 2. The molecule has 0 aromatic heterocycles. The van der Waals surface area contributed by atoms with Crippen LogP contribution in [-0.2, 0) is 14.8 Å². The molecule has 0 unspecified atom stereocenters. The predicted molar refractivity (Wildman–Crippen MR) is 114 cm³/mol. The number of nitrogens with zero attached hydrogens (tertiary/aromatic N) is 1. The van der Waals surface area contributed by atoms with E-state index < -0.39 is 10.0 Å². The van der Waals surface area contributed by atoms with Gasteiger partial charge < -0.3 is 10.1 Å². The fraction of sp³-hybridized carbons (Fsp3) is 0.409. The van der Waals surface area contributed by atoms with Gasteiger partial charge in [0.2, 0.25) is 15.9 Å². The molecule has 1 saturated heterocycles. The van der Waals surface area contributed by atoms with Crippen molar-refractivity contribution < 1.29 is 17.9 Å². The molecule has 1 fully saturated rings. The van der Waals surface area contributed by atoms with E-state index in [0.717, 1.165) is 36.1 Å². The third-order valence-electron chi connectivity index (χ3n) is 4.88. The average molecular weight is 417 g/mol. The summed E-state index contributed by atoms with van der Waals surface area (Å²) in [6.07, 6.45) is 3.08. The Balaban J connectivity index is 1.51. The summed E-state index contributed by atoms with van der Waals surface area (Å²) in [5.41, 5.74) is 2.80. The van der Waals surface area contributed by atoms with E-state index in [1.807, 2.05) is 26.0 Å². The first-order valence-corrected chi connectivity index (χ1v) is 11.4. The van der Waals surface area contributed by atoms with Gasteiger partial charge in [0.15, 0.2) is 0 Å². The van der Waals surface area contributed by atoms with E-state index in [-0.39, 0.29) is 23.8 Å². The van der Waals surface area contributed by atoms with Crippen LogP contribution < -0.4 is 10.1 Å².